The second kappa shape index (κ2) is 6.38. The van der Waals surface area contributed by atoms with Gasteiger partial charge in [-0.3, -0.25) is 0 Å². The lowest BCUT2D eigenvalue weighted by Gasteiger charge is -2.43. The highest BCUT2D eigenvalue weighted by Gasteiger charge is 2.34. The van der Waals surface area contributed by atoms with Crippen molar-refractivity contribution in [2.45, 2.75) is 52.5 Å². The van der Waals surface area contributed by atoms with Gasteiger partial charge in [0, 0.05) is 12.6 Å². The Morgan fingerprint density at radius 3 is 2.28 bits per heavy atom. The van der Waals surface area contributed by atoms with Gasteiger partial charge in [0.15, 0.2) is 0 Å². The number of nitrogens with one attached hydrogen (secondary N) is 1. The van der Waals surface area contributed by atoms with Crippen LogP contribution in [0.5, 0.6) is 0 Å². The van der Waals surface area contributed by atoms with Crippen molar-refractivity contribution in [2.75, 3.05) is 26.7 Å². The monoisotopic (exact) mass is 252 g/mol. The van der Waals surface area contributed by atoms with Crippen molar-refractivity contribution < 1.29 is 0 Å². The molecule has 1 saturated carbocycles. The van der Waals surface area contributed by atoms with Gasteiger partial charge in [0.1, 0.15) is 0 Å². The molecule has 1 aliphatic carbocycles. The maximum Gasteiger partial charge on any atom is 0.0110 e. The lowest BCUT2D eigenvalue weighted by Crippen LogP contribution is -2.49. The highest BCUT2D eigenvalue weighted by Crippen LogP contribution is 2.34. The summed E-state index contributed by atoms with van der Waals surface area (Å²) in [4.78, 5) is 2.72. The van der Waals surface area contributed by atoms with Crippen LogP contribution in [0.1, 0.15) is 46.5 Å². The molecule has 18 heavy (non-hydrogen) atoms. The first kappa shape index (κ1) is 14.3. The molecule has 0 aromatic heterocycles. The van der Waals surface area contributed by atoms with E-state index < -0.39 is 0 Å². The van der Waals surface area contributed by atoms with Gasteiger partial charge in [0.25, 0.3) is 0 Å². The van der Waals surface area contributed by atoms with Crippen LogP contribution in [0.4, 0.5) is 0 Å². The fourth-order valence-electron chi connectivity index (χ4n) is 4.09. The third kappa shape index (κ3) is 3.48. The summed E-state index contributed by atoms with van der Waals surface area (Å²) < 4.78 is 0. The minimum atomic E-state index is 0.739. The molecule has 106 valence electrons. The Bertz CT molecular complexity index is 245. The highest BCUT2D eigenvalue weighted by molar-refractivity contribution is 4.89. The maximum atomic E-state index is 3.59. The smallest absolute Gasteiger partial charge is 0.0110 e. The minimum absolute atomic E-state index is 0.739. The number of nitrogens with zero attached hydrogens (tertiary/aromatic N) is 1. The molecule has 4 unspecified atom stereocenters. The normalized spacial score (nSPS) is 40.0. The second-order valence-corrected chi connectivity index (χ2v) is 7.10. The van der Waals surface area contributed by atoms with Gasteiger partial charge in [-0.25, -0.2) is 0 Å². The average Bonchev–Trinajstić information content (AvgIpc) is 2.34. The van der Waals surface area contributed by atoms with Crippen molar-refractivity contribution in [1.82, 2.24) is 10.2 Å². The van der Waals surface area contributed by atoms with E-state index in [0.717, 1.165) is 29.7 Å². The third-order valence-electron chi connectivity index (χ3n) is 5.39. The molecular formula is C16H32N2. The van der Waals surface area contributed by atoms with E-state index in [0.29, 0.717) is 0 Å². The van der Waals surface area contributed by atoms with E-state index in [4.69, 9.17) is 0 Å². The Morgan fingerprint density at radius 1 is 1.00 bits per heavy atom. The number of hydrogen-bond donors (Lipinski definition) is 1. The molecule has 0 radical (unpaired) electrons. The summed E-state index contributed by atoms with van der Waals surface area (Å²) in [7, 11) is 2.15. The van der Waals surface area contributed by atoms with Crippen LogP contribution in [-0.4, -0.2) is 37.6 Å². The van der Waals surface area contributed by atoms with Gasteiger partial charge in [-0.2, -0.15) is 0 Å². The molecule has 1 aliphatic heterocycles. The van der Waals surface area contributed by atoms with Crippen molar-refractivity contribution in [3.63, 3.8) is 0 Å². The van der Waals surface area contributed by atoms with Gasteiger partial charge in [-0.05, 0) is 69.5 Å². The van der Waals surface area contributed by atoms with Crippen LogP contribution in [0.25, 0.3) is 0 Å². The molecule has 0 bridgehead atoms. The van der Waals surface area contributed by atoms with Crippen LogP contribution in [0, 0.1) is 23.7 Å². The molecule has 0 aromatic rings. The third-order valence-corrected chi connectivity index (χ3v) is 5.39. The first-order chi connectivity index (χ1) is 8.60. The first-order valence-electron chi connectivity index (χ1n) is 7.99. The van der Waals surface area contributed by atoms with E-state index in [1.807, 2.05) is 0 Å². The van der Waals surface area contributed by atoms with Crippen LogP contribution < -0.4 is 5.32 Å². The molecule has 1 saturated heterocycles. The summed E-state index contributed by atoms with van der Waals surface area (Å²) in [5.74, 6) is 3.59. The molecule has 1 heterocycles. The van der Waals surface area contributed by atoms with Gasteiger partial charge >= 0.3 is 0 Å². The number of hydrogen-bond acceptors (Lipinski definition) is 2. The highest BCUT2D eigenvalue weighted by atomic mass is 15.1. The zero-order valence-corrected chi connectivity index (χ0v) is 12.8. The van der Waals surface area contributed by atoms with E-state index in [-0.39, 0.29) is 0 Å². The van der Waals surface area contributed by atoms with Crippen LogP contribution in [0.2, 0.25) is 0 Å². The van der Waals surface area contributed by atoms with E-state index in [1.165, 1.54) is 45.3 Å². The first-order valence-corrected chi connectivity index (χ1v) is 7.99. The summed E-state index contributed by atoms with van der Waals surface area (Å²) >= 11 is 0. The van der Waals surface area contributed by atoms with Crippen molar-refractivity contribution in [3.05, 3.63) is 0 Å². The van der Waals surface area contributed by atoms with Gasteiger partial charge < -0.3 is 10.2 Å². The standard InChI is InChI=1S/C16H32N2/c1-12-5-7-18(8-6-12)11-15-14(3)9-13(2)10-16(15)17-4/h12-17H,5-11H2,1-4H3. The molecule has 2 aliphatic rings. The van der Waals surface area contributed by atoms with Crippen LogP contribution >= 0.6 is 0 Å². The molecular weight excluding hydrogens is 220 g/mol. The maximum absolute atomic E-state index is 3.59. The van der Waals surface area contributed by atoms with E-state index in [1.54, 1.807) is 0 Å². The Kier molecular flexibility index (Phi) is 5.08. The predicted octanol–water partition coefficient (Wildman–Crippen LogP) is 2.99. The van der Waals surface area contributed by atoms with Gasteiger partial charge in [0.05, 0.1) is 0 Å². The molecule has 0 amide bonds. The molecule has 2 nitrogen and oxygen atoms in total. The van der Waals surface area contributed by atoms with Crippen LogP contribution in [0.3, 0.4) is 0 Å². The summed E-state index contributed by atoms with van der Waals surface area (Å²) in [6, 6.07) is 0.739. The quantitative estimate of drug-likeness (QED) is 0.831. The molecule has 1 N–H and O–H groups in total. The van der Waals surface area contributed by atoms with Crippen molar-refractivity contribution in [2.24, 2.45) is 23.7 Å². The van der Waals surface area contributed by atoms with Crippen molar-refractivity contribution >= 4 is 0 Å². The van der Waals surface area contributed by atoms with Crippen molar-refractivity contribution in [1.29, 1.82) is 0 Å². The summed E-state index contributed by atoms with van der Waals surface area (Å²) in [5.41, 5.74) is 0. The SMILES string of the molecule is CNC1CC(C)CC(C)C1CN1CCC(C)CC1. The molecule has 0 aromatic carbocycles. The predicted molar refractivity (Wildman–Crippen MR) is 78.7 cm³/mol. The Balaban J connectivity index is 1.89. The summed E-state index contributed by atoms with van der Waals surface area (Å²) in [6.07, 6.45) is 5.60. The largest absolute Gasteiger partial charge is 0.317 e. The van der Waals surface area contributed by atoms with Crippen molar-refractivity contribution in [3.8, 4) is 0 Å². The average molecular weight is 252 g/mol. The van der Waals surface area contributed by atoms with Gasteiger partial charge in [-0.15, -0.1) is 0 Å². The number of rotatable bonds is 3. The zero-order valence-electron chi connectivity index (χ0n) is 12.8. The fourth-order valence-corrected chi connectivity index (χ4v) is 4.09. The van der Waals surface area contributed by atoms with E-state index in [9.17, 15) is 0 Å². The second-order valence-electron chi connectivity index (χ2n) is 7.10. The molecule has 4 atom stereocenters. The van der Waals surface area contributed by atoms with Crippen LogP contribution in [-0.2, 0) is 0 Å². The molecule has 2 rings (SSSR count). The lowest BCUT2D eigenvalue weighted by molar-refractivity contribution is 0.0868. The van der Waals surface area contributed by atoms with Gasteiger partial charge in [0.2, 0.25) is 0 Å². The van der Waals surface area contributed by atoms with Gasteiger partial charge in [-0.1, -0.05) is 20.8 Å². The molecule has 2 heteroatoms. The summed E-state index contributed by atoms with van der Waals surface area (Å²) in [6.45, 7) is 11.3. The fraction of sp³-hybridized carbons (Fsp3) is 1.00. The number of piperidine rings is 1. The Labute approximate surface area is 114 Å². The van der Waals surface area contributed by atoms with E-state index in [2.05, 4.69) is 38.0 Å². The lowest BCUT2D eigenvalue weighted by atomic mass is 9.72. The molecule has 0 spiro atoms. The summed E-state index contributed by atoms with van der Waals surface area (Å²) in [5, 5.41) is 3.59. The zero-order chi connectivity index (χ0) is 13.1. The Hall–Kier alpha value is -0.0800. The van der Waals surface area contributed by atoms with E-state index >= 15 is 0 Å². The topological polar surface area (TPSA) is 15.3 Å². The van der Waals surface area contributed by atoms with Crippen LogP contribution in [0.15, 0.2) is 0 Å². The Morgan fingerprint density at radius 2 is 1.67 bits per heavy atom. The molecule has 2 fully saturated rings. The minimum Gasteiger partial charge on any atom is -0.317 e. The number of likely N-dealkylation sites (tertiary alicyclic amines) is 1.